The molecular weight excluding hydrogens is 402 g/mol. The molecule has 1 atom stereocenters. The first-order chi connectivity index (χ1) is 13.4. The maximum absolute atomic E-state index is 13.0. The number of benzene rings is 1. The lowest BCUT2D eigenvalue weighted by atomic mass is 9.96. The molecule has 1 unspecified atom stereocenters. The van der Waals surface area contributed by atoms with Gasteiger partial charge < -0.3 is 4.74 Å². The van der Waals surface area contributed by atoms with E-state index in [0.717, 1.165) is 38.8 Å². The number of halogens is 1. The van der Waals surface area contributed by atoms with Gasteiger partial charge in [-0.25, -0.2) is 13.4 Å². The third-order valence-electron chi connectivity index (χ3n) is 5.36. The summed E-state index contributed by atoms with van der Waals surface area (Å²) in [6, 6.07) is 4.48. The number of rotatable bonds is 6. The second kappa shape index (κ2) is 9.43. The lowest BCUT2D eigenvalue weighted by molar-refractivity contribution is -0.127. The molecule has 9 heteroatoms. The third kappa shape index (κ3) is 5.17. The number of sulfonamides is 1. The van der Waals surface area contributed by atoms with E-state index in [1.807, 2.05) is 5.01 Å². The van der Waals surface area contributed by atoms with Gasteiger partial charge in [0.25, 0.3) is 0 Å². The van der Waals surface area contributed by atoms with Crippen molar-refractivity contribution in [1.82, 2.24) is 14.7 Å². The van der Waals surface area contributed by atoms with Gasteiger partial charge in [-0.2, -0.15) is 4.31 Å². The van der Waals surface area contributed by atoms with Gasteiger partial charge in [-0.15, -0.1) is 0 Å². The van der Waals surface area contributed by atoms with E-state index in [2.05, 4.69) is 5.43 Å². The summed E-state index contributed by atoms with van der Waals surface area (Å²) in [6.07, 6.45) is 5.33. The van der Waals surface area contributed by atoms with Crippen molar-refractivity contribution in [2.75, 3.05) is 33.3 Å². The second-order valence-electron chi connectivity index (χ2n) is 7.45. The van der Waals surface area contributed by atoms with Gasteiger partial charge in [0.15, 0.2) is 0 Å². The maximum atomic E-state index is 13.0. The fourth-order valence-corrected chi connectivity index (χ4v) is 5.76. The summed E-state index contributed by atoms with van der Waals surface area (Å²) in [7, 11) is -2.17. The van der Waals surface area contributed by atoms with Gasteiger partial charge in [0.2, 0.25) is 15.9 Å². The number of hydrogen-bond acceptors (Lipinski definition) is 5. The van der Waals surface area contributed by atoms with Crippen LogP contribution in [0.2, 0.25) is 5.02 Å². The molecule has 2 aliphatic rings. The molecule has 1 N–H and O–H groups in total. The van der Waals surface area contributed by atoms with Gasteiger partial charge in [0, 0.05) is 32.6 Å². The van der Waals surface area contributed by atoms with Gasteiger partial charge in [-0.1, -0.05) is 18.0 Å². The summed E-state index contributed by atoms with van der Waals surface area (Å²) in [6.45, 7) is 2.57. The number of nitrogens with one attached hydrogen (secondary N) is 1. The largest absolute Gasteiger partial charge is 0.495 e. The fraction of sp³-hybridized carbons (Fsp3) is 0.632. The molecule has 3 rings (SSSR count). The predicted molar refractivity (Wildman–Crippen MR) is 108 cm³/mol. The zero-order chi connectivity index (χ0) is 20.1. The van der Waals surface area contributed by atoms with Gasteiger partial charge in [-0.3, -0.25) is 10.2 Å². The standard InChI is InChI=1S/C19H28ClN3O4S/c1-27-18-8-7-16(13-17(18)20)28(25,26)23-11-5-6-15(14-23)12-19(24)21-22-9-3-2-4-10-22/h7-8,13,15H,2-6,9-12,14H2,1H3,(H,21,24). The van der Waals surface area contributed by atoms with Crippen LogP contribution < -0.4 is 10.2 Å². The molecule has 0 radical (unpaired) electrons. The Bertz CT molecular complexity index is 796. The molecular formula is C19H28ClN3O4S. The maximum Gasteiger partial charge on any atom is 0.243 e. The Kier molecular flexibility index (Phi) is 7.20. The molecule has 2 saturated heterocycles. The molecule has 0 aromatic heterocycles. The van der Waals surface area contributed by atoms with E-state index in [9.17, 15) is 13.2 Å². The Balaban J connectivity index is 1.61. The van der Waals surface area contributed by atoms with Gasteiger partial charge >= 0.3 is 0 Å². The summed E-state index contributed by atoms with van der Waals surface area (Å²) in [5.41, 5.74) is 2.97. The molecule has 1 aromatic carbocycles. The Morgan fingerprint density at radius 3 is 2.64 bits per heavy atom. The van der Waals surface area contributed by atoms with E-state index < -0.39 is 10.0 Å². The highest BCUT2D eigenvalue weighted by atomic mass is 35.5. The summed E-state index contributed by atoms with van der Waals surface area (Å²) in [5.74, 6) is 0.423. The number of amides is 1. The van der Waals surface area contributed by atoms with Crippen LogP contribution >= 0.6 is 11.6 Å². The average Bonchev–Trinajstić information content (AvgIpc) is 2.68. The van der Waals surface area contributed by atoms with Crippen LogP contribution in [0.25, 0.3) is 0 Å². The van der Waals surface area contributed by atoms with Crippen molar-refractivity contribution in [3.05, 3.63) is 23.2 Å². The molecule has 0 saturated carbocycles. The van der Waals surface area contributed by atoms with E-state index in [0.29, 0.717) is 25.3 Å². The van der Waals surface area contributed by atoms with Crippen LogP contribution in [-0.2, 0) is 14.8 Å². The monoisotopic (exact) mass is 429 g/mol. The minimum absolute atomic E-state index is 0.0158. The van der Waals surface area contributed by atoms with Crippen molar-refractivity contribution in [3.8, 4) is 5.75 Å². The fourth-order valence-electron chi connectivity index (χ4n) is 3.86. The van der Waals surface area contributed by atoms with E-state index >= 15 is 0 Å². The Hall–Kier alpha value is -1.35. The van der Waals surface area contributed by atoms with Crippen LogP contribution in [0.15, 0.2) is 23.1 Å². The Morgan fingerprint density at radius 2 is 1.96 bits per heavy atom. The zero-order valence-electron chi connectivity index (χ0n) is 16.2. The third-order valence-corrected chi connectivity index (χ3v) is 7.51. The number of ether oxygens (including phenoxy) is 1. The molecule has 1 amide bonds. The first kappa shape index (κ1) is 21.4. The van der Waals surface area contributed by atoms with Crippen LogP contribution in [0, 0.1) is 5.92 Å². The van der Waals surface area contributed by atoms with E-state index in [1.54, 1.807) is 6.07 Å². The highest BCUT2D eigenvalue weighted by Crippen LogP contribution is 2.30. The minimum atomic E-state index is -3.65. The average molecular weight is 430 g/mol. The Morgan fingerprint density at radius 1 is 1.21 bits per heavy atom. The van der Waals surface area contributed by atoms with Gasteiger partial charge in [0.1, 0.15) is 5.75 Å². The van der Waals surface area contributed by atoms with Crippen molar-refractivity contribution < 1.29 is 17.9 Å². The van der Waals surface area contributed by atoms with Crippen molar-refractivity contribution in [2.24, 2.45) is 5.92 Å². The van der Waals surface area contributed by atoms with E-state index in [4.69, 9.17) is 16.3 Å². The van der Waals surface area contributed by atoms with Crippen LogP contribution in [0.1, 0.15) is 38.5 Å². The van der Waals surface area contributed by atoms with E-state index in [-0.39, 0.29) is 21.7 Å². The summed E-state index contributed by atoms with van der Waals surface area (Å²) in [4.78, 5) is 12.5. The molecule has 2 aliphatic heterocycles. The summed E-state index contributed by atoms with van der Waals surface area (Å²) >= 11 is 6.10. The quantitative estimate of drug-likeness (QED) is 0.752. The number of hydrogen-bond donors (Lipinski definition) is 1. The summed E-state index contributed by atoms with van der Waals surface area (Å²) < 4.78 is 32.6. The van der Waals surface area contributed by atoms with Crippen molar-refractivity contribution in [1.29, 1.82) is 0 Å². The molecule has 0 bridgehead atoms. The summed E-state index contributed by atoms with van der Waals surface area (Å²) in [5, 5.41) is 2.24. The highest BCUT2D eigenvalue weighted by Gasteiger charge is 2.31. The number of hydrazine groups is 1. The topological polar surface area (TPSA) is 79.0 Å². The number of nitrogens with zero attached hydrogens (tertiary/aromatic N) is 2. The molecule has 2 heterocycles. The van der Waals surface area contributed by atoms with Crippen molar-refractivity contribution in [3.63, 3.8) is 0 Å². The molecule has 7 nitrogen and oxygen atoms in total. The SMILES string of the molecule is COc1ccc(S(=O)(=O)N2CCCC(CC(=O)NN3CCCCC3)C2)cc1Cl. The van der Waals surface area contributed by atoms with Gasteiger partial charge in [0.05, 0.1) is 17.0 Å². The second-order valence-corrected chi connectivity index (χ2v) is 9.80. The Labute approximate surface area is 172 Å². The lowest BCUT2D eigenvalue weighted by Gasteiger charge is -2.32. The minimum Gasteiger partial charge on any atom is -0.495 e. The lowest BCUT2D eigenvalue weighted by Crippen LogP contribution is -2.47. The van der Waals surface area contributed by atoms with E-state index in [1.165, 1.54) is 30.0 Å². The molecule has 0 spiro atoms. The predicted octanol–water partition coefficient (Wildman–Crippen LogP) is 2.66. The van der Waals surface area contributed by atoms with Crippen molar-refractivity contribution >= 4 is 27.5 Å². The number of carbonyl (C=O) groups excluding carboxylic acids is 1. The van der Waals surface area contributed by atoms with Crippen LogP contribution in [0.4, 0.5) is 0 Å². The number of piperidine rings is 2. The first-order valence-electron chi connectivity index (χ1n) is 9.78. The van der Waals surface area contributed by atoms with Crippen LogP contribution in [0.3, 0.4) is 0 Å². The van der Waals surface area contributed by atoms with Gasteiger partial charge in [-0.05, 0) is 49.8 Å². The van der Waals surface area contributed by atoms with Crippen LogP contribution in [-0.4, -0.2) is 56.9 Å². The smallest absolute Gasteiger partial charge is 0.243 e. The first-order valence-corrected chi connectivity index (χ1v) is 11.6. The zero-order valence-corrected chi connectivity index (χ0v) is 17.8. The van der Waals surface area contributed by atoms with Crippen LogP contribution in [0.5, 0.6) is 5.75 Å². The normalized spacial score (nSPS) is 22.0. The van der Waals surface area contributed by atoms with Crippen molar-refractivity contribution in [2.45, 2.75) is 43.4 Å². The number of methoxy groups -OCH3 is 1. The molecule has 1 aromatic rings. The highest BCUT2D eigenvalue weighted by molar-refractivity contribution is 7.89. The molecule has 0 aliphatic carbocycles. The molecule has 2 fully saturated rings. The molecule has 156 valence electrons. The molecule has 28 heavy (non-hydrogen) atoms. The number of carbonyl (C=O) groups is 1.